The van der Waals surface area contributed by atoms with Gasteiger partial charge in [-0.25, -0.2) is 4.39 Å². The first-order valence-electron chi connectivity index (χ1n) is 5.93. The molecule has 0 bridgehead atoms. The Morgan fingerprint density at radius 3 is 2.10 bits per heavy atom. The van der Waals surface area contributed by atoms with Crippen molar-refractivity contribution >= 4 is 33.5 Å². The van der Waals surface area contributed by atoms with Crippen molar-refractivity contribution in [3.05, 3.63) is 54.3 Å². The van der Waals surface area contributed by atoms with Gasteiger partial charge in [-0.15, -0.1) is 22.7 Å². The summed E-state index contributed by atoms with van der Waals surface area (Å²) in [5, 5.41) is 0. The van der Waals surface area contributed by atoms with E-state index in [1.54, 1.807) is 41.1 Å². The Morgan fingerprint density at radius 1 is 0.850 bits per heavy atom. The summed E-state index contributed by atoms with van der Waals surface area (Å²) in [4.78, 5) is 3.37. The highest BCUT2D eigenvalue weighted by Crippen LogP contribution is 2.38. The fourth-order valence-corrected chi connectivity index (χ4v) is 4.68. The van der Waals surface area contributed by atoms with E-state index in [0.29, 0.717) is 0 Å². The molecule has 1 aromatic carbocycles. The fourth-order valence-electron chi connectivity index (χ4n) is 1.85. The molecule has 3 aromatic rings. The molecule has 1 nitrogen and oxygen atoms in total. The van der Waals surface area contributed by atoms with Crippen molar-refractivity contribution in [2.24, 2.45) is 0 Å². The number of thiophene rings is 2. The van der Waals surface area contributed by atoms with E-state index in [2.05, 4.69) is 6.07 Å². The molecular formula is C15H11FOS3. The average molecular weight is 322 g/mol. The molecule has 5 heteroatoms. The second-order valence-corrected chi connectivity index (χ2v) is 8.02. The third-order valence-corrected chi connectivity index (χ3v) is 6.71. The third kappa shape index (κ3) is 2.75. The van der Waals surface area contributed by atoms with E-state index in [-0.39, 0.29) is 5.82 Å². The molecule has 1 unspecified atom stereocenters. The van der Waals surface area contributed by atoms with Gasteiger partial charge in [-0.3, -0.25) is 4.21 Å². The van der Waals surface area contributed by atoms with Gasteiger partial charge in [0.25, 0.3) is 0 Å². The summed E-state index contributed by atoms with van der Waals surface area (Å²) in [6, 6.07) is 14.5. The Balaban J connectivity index is 1.93. The van der Waals surface area contributed by atoms with E-state index in [0.717, 1.165) is 24.4 Å². The van der Waals surface area contributed by atoms with Gasteiger partial charge in [0, 0.05) is 20.9 Å². The molecule has 102 valence electrons. The molecule has 0 saturated heterocycles. The van der Waals surface area contributed by atoms with Crippen molar-refractivity contribution in [1.29, 1.82) is 0 Å². The molecule has 0 aliphatic carbocycles. The quantitative estimate of drug-likeness (QED) is 0.661. The topological polar surface area (TPSA) is 17.1 Å². The molecule has 0 aliphatic rings. The van der Waals surface area contributed by atoms with E-state index in [1.807, 2.05) is 18.2 Å². The second kappa shape index (κ2) is 5.60. The number of halogens is 1. The van der Waals surface area contributed by atoms with Gasteiger partial charge in [0.1, 0.15) is 5.82 Å². The molecule has 20 heavy (non-hydrogen) atoms. The van der Waals surface area contributed by atoms with Gasteiger partial charge in [-0.05, 0) is 42.0 Å². The van der Waals surface area contributed by atoms with E-state index in [4.69, 9.17) is 0 Å². The van der Waals surface area contributed by atoms with Gasteiger partial charge in [-0.2, -0.15) is 0 Å². The maximum Gasteiger partial charge on any atom is 0.123 e. The lowest BCUT2D eigenvalue weighted by molar-refractivity contribution is 0.628. The van der Waals surface area contributed by atoms with Gasteiger partial charge in [0.15, 0.2) is 0 Å². The van der Waals surface area contributed by atoms with Crippen molar-refractivity contribution in [3.8, 4) is 20.2 Å². The molecular weight excluding hydrogens is 311 g/mol. The van der Waals surface area contributed by atoms with Crippen LogP contribution in [0.4, 0.5) is 4.39 Å². The van der Waals surface area contributed by atoms with Gasteiger partial charge in [0.05, 0.1) is 15.0 Å². The van der Waals surface area contributed by atoms with Crippen LogP contribution in [0.3, 0.4) is 0 Å². The summed E-state index contributed by atoms with van der Waals surface area (Å²) in [6.07, 6.45) is 1.69. The van der Waals surface area contributed by atoms with Crippen molar-refractivity contribution in [3.63, 3.8) is 0 Å². The maximum absolute atomic E-state index is 12.9. The van der Waals surface area contributed by atoms with Gasteiger partial charge < -0.3 is 0 Å². The normalized spacial score (nSPS) is 12.5. The molecule has 2 heterocycles. The van der Waals surface area contributed by atoms with Crippen molar-refractivity contribution < 1.29 is 8.60 Å². The summed E-state index contributed by atoms with van der Waals surface area (Å²) in [5.41, 5.74) is 1.01. The van der Waals surface area contributed by atoms with Gasteiger partial charge >= 0.3 is 0 Å². The SMILES string of the molecule is CS(=O)c1ccc(-c2ccc(-c3ccc(F)cc3)s2)s1. The molecule has 2 aromatic heterocycles. The Hall–Kier alpha value is -1.30. The van der Waals surface area contributed by atoms with Crippen LogP contribution < -0.4 is 0 Å². The Labute approximate surface area is 127 Å². The van der Waals surface area contributed by atoms with Gasteiger partial charge in [0.2, 0.25) is 0 Å². The Kier molecular flexibility index (Phi) is 3.83. The van der Waals surface area contributed by atoms with Crippen LogP contribution in [0.1, 0.15) is 0 Å². The zero-order valence-electron chi connectivity index (χ0n) is 10.6. The highest BCUT2D eigenvalue weighted by Gasteiger charge is 2.09. The monoisotopic (exact) mass is 322 g/mol. The van der Waals surface area contributed by atoms with E-state index >= 15 is 0 Å². The van der Waals surface area contributed by atoms with Crippen LogP contribution in [0.2, 0.25) is 0 Å². The minimum absolute atomic E-state index is 0.223. The van der Waals surface area contributed by atoms with Crippen LogP contribution >= 0.6 is 22.7 Å². The summed E-state index contributed by atoms with van der Waals surface area (Å²) in [6.45, 7) is 0. The number of benzene rings is 1. The second-order valence-electron chi connectivity index (χ2n) is 4.24. The predicted octanol–water partition coefficient (Wildman–Crippen LogP) is 5.02. The summed E-state index contributed by atoms with van der Waals surface area (Å²) in [5.74, 6) is -0.223. The third-order valence-electron chi connectivity index (χ3n) is 2.84. The molecule has 0 N–H and O–H groups in total. The first kappa shape index (κ1) is 13.7. The zero-order valence-corrected chi connectivity index (χ0v) is 13.1. The van der Waals surface area contributed by atoms with Crippen molar-refractivity contribution in [2.45, 2.75) is 4.21 Å². The average Bonchev–Trinajstić information content (AvgIpc) is 3.08. The predicted molar refractivity (Wildman–Crippen MR) is 85.4 cm³/mol. The highest BCUT2D eigenvalue weighted by molar-refractivity contribution is 7.86. The molecule has 0 saturated carbocycles. The standard InChI is InChI=1S/C15H11FOS3/c1-20(17)15-9-8-14(19-15)13-7-6-12(18-13)10-2-4-11(16)5-3-10/h2-9H,1H3. The summed E-state index contributed by atoms with van der Waals surface area (Å²) in [7, 11) is -0.932. The molecule has 0 radical (unpaired) electrons. The van der Waals surface area contributed by atoms with Crippen LogP contribution in [-0.2, 0) is 10.8 Å². The number of rotatable bonds is 3. The van der Waals surface area contributed by atoms with Crippen LogP contribution in [0.15, 0.2) is 52.7 Å². The minimum atomic E-state index is -0.932. The summed E-state index contributed by atoms with van der Waals surface area (Å²) >= 11 is 3.21. The molecule has 0 fully saturated rings. The number of hydrogen-bond acceptors (Lipinski definition) is 3. The molecule has 0 amide bonds. The molecule has 1 atom stereocenters. The van der Waals surface area contributed by atoms with Crippen molar-refractivity contribution in [2.75, 3.05) is 6.26 Å². The minimum Gasteiger partial charge on any atom is -0.254 e. The summed E-state index contributed by atoms with van der Waals surface area (Å²) < 4.78 is 25.3. The lowest BCUT2D eigenvalue weighted by atomic mass is 10.2. The van der Waals surface area contributed by atoms with E-state index in [1.165, 1.54) is 12.1 Å². The van der Waals surface area contributed by atoms with Crippen LogP contribution in [0.5, 0.6) is 0 Å². The molecule has 3 rings (SSSR count). The number of hydrogen-bond donors (Lipinski definition) is 0. The largest absolute Gasteiger partial charge is 0.254 e. The lowest BCUT2D eigenvalue weighted by Crippen LogP contribution is -1.78. The lowest BCUT2D eigenvalue weighted by Gasteiger charge is -1.96. The van der Waals surface area contributed by atoms with Crippen LogP contribution in [0.25, 0.3) is 20.2 Å². The molecule has 0 aliphatic heterocycles. The zero-order chi connectivity index (χ0) is 14.1. The van der Waals surface area contributed by atoms with Crippen LogP contribution in [-0.4, -0.2) is 10.5 Å². The van der Waals surface area contributed by atoms with Gasteiger partial charge in [-0.1, -0.05) is 12.1 Å². The van der Waals surface area contributed by atoms with Crippen molar-refractivity contribution in [1.82, 2.24) is 0 Å². The maximum atomic E-state index is 12.9. The Bertz CT molecular complexity index is 756. The smallest absolute Gasteiger partial charge is 0.123 e. The first-order valence-corrected chi connectivity index (χ1v) is 9.12. The Morgan fingerprint density at radius 2 is 1.45 bits per heavy atom. The van der Waals surface area contributed by atoms with E-state index < -0.39 is 10.8 Å². The first-order chi connectivity index (χ1) is 9.63. The van der Waals surface area contributed by atoms with Crippen LogP contribution in [0, 0.1) is 5.82 Å². The van der Waals surface area contributed by atoms with E-state index in [9.17, 15) is 8.60 Å². The molecule has 0 spiro atoms. The fraction of sp³-hybridized carbons (Fsp3) is 0.0667. The highest BCUT2D eigenvalue weighted by atomic mass is 32.2.